The number of carbonyl (C=O) groups is 1. The van der Waals surface area contributed by atoms with Gasteiger partial charge in [0.1, 0.15) is 18.2 Å². The summed E-state index contributed by atoms with van der Waals surface area (Å²) in [7, 11) is 0. The molecule has 3 heterocycles. The molecule has 3 aromatic rings. The highest BCUT2D eigenvalue weighted by Gasteiger charge is 2.24. The lowest BCUT2D eigenvalue weighted by Gasteiger charge is -2.27. The van der Waals surface area contributed by atoms with Gasteiger partial charge in [-0.15, -0.1) is 10.2 Å². The Labute approximate surface area is 151 Å². The van der Waals surface area contributed by atoms with Crippen molar-refractivity contribution >= 4 is 5.91 Å². The van der Waals surface area contributed by atoms with E-state index in [2.05, 4.69) is 19.7 Å². The van der Waals surface area contributed by atoms with E-state index in [1.54, 1.807) is 29.4 Å². The van der Waals surface area contributed by atoms with Gasteiger partial charge in [0.2, 0.25) is 0 Å². The highest BCUT2D eigenvalue weighted by Crippen LogP contribution is 2.18. The molecule has 1 amide bonds. The predicted molar refractivity (Wildman–Crippen MR) is 94.5 cm³/mol. The number of rotatable bonds is 4. The summed E-state index contributed by atoms with van der Waals surface area (Å²) in [4.78, 5) is 18.5. The molecule has 0 saturated carbocycles. The van der Waals surface area contributed by atoms with Crippen molar-refractivity contribution in [3.63, 3.8) is 0 Å². The minimum absolute atomic E-state index is 0.00223. The van der Waals surface area contributed by atoms with Crippen LogP contribution in [0.1, 0.15) is 27.6 Å². The molecular formula is C19H19N5O2. The van der Waals surface area contributed by atoms with Gasteiger partial charge in [0.05, 0.1) is 6.54 Å². The van der Waals surface area contributed by atoms with Gasteiger partial charge in [0, 0.05) is 31.0 Å². The summed E-state index contributed by atoms with van der Waals surface area (Å²) < 4.78 is 7.80. The van der Waals surface area contributed by atoms with Crippen molar-refractivity contribution in [2.45, 2.75) is 26.6 Å². The summed E-state index contributed by atoms with van der Waals surface area (Å²) in [6, 6.07) is 11.1. The van der Waals surface area contributed by atoms with E-state index < -0.39 is 0 Å². The van der Waals surface area contributed by atoms with Crippen LogP contribution in [0, 0.1) is 6.92 Å². The molecule has 0 fully saturated rings. The van der Waals surface area contributed by atoms with Crippen LogP contribution in [-0.2, 0) is 19.7 Å². The smallest absolute Gasteiger partial charge is 0.254 e. The Bertz CT molecular complexity index is 905. The number of aryl methyl sites for hydroxylation is 1. The van der Waals surface area contributed by atoms with Gasteiger partial charge in [0.15, 0.2) is 5.82 Å². The predicted octanol–water partition coefficient (Wildman–Crippen LogP) is 2.22. The third-order valence-corrected chi connectivity index (χ3v) is 4.48. The quantitative estimate of drug-likeness (QED) is 0.722. The molecule has 0 aliphatic carbocycles. The molecule has 0 N–H and O–H groups in total. The Balaban J connectivity index is 1.39. The van der Waals surface area contributed by atoms with E-state index in [1.807, 2.05) is 31.2 Å². The third kappa shape index (κ3) is 3.28. The SMILES string of the molecule is Cc1nnc2n1CCN(C(=O)c1ccc(OCc3ccncc3)cc1)C2. The standard InChI is InChI=1S/C19H19N5O2/c1-14-21-22-18-12-23(10-11-24(14)18)19(25)16-2-4-17(5-3-16)26-13-15-6-8-20-9-7-15/h2-9H,10-13H2,1H3. The molecule has 0 saturated heterocycles. The Kier molecular flexibility index (Phi) is 4.35. The number of ether oxygens (including phenoxy) is 1. The number of benzene rings is 1. The molecular weight excluding hydrogens is 330 g/mol. The number of nitrogens with zero attached hydrogens (tertiary/aromatic N) is 5. The average Bonchev–Trinajstić information content (AvgIpc) is 3.07. The molecule has 2 aromatic heterocycles. The molecule has 1 aliphatic rings. The maximum absolute atomic E-state index is 12.7. The van der Waals surface area contributed by atoms with Crippen LogP contribution in [0.4, 0.5) is 0 Å². The summed E-state index contributed by atoms with van der Waals surface area (Å²) in [5.74, 6) is 2.45. The fourth-order valence-electron chi connectivity index (χ4n) is 3.00. The highest BCUT2D eigenvalue weighted by atomic mass is 16.5. The monoisotopic (exact) mass is 349 g/mol. The lowest BCUT2D eigenvalue weighted by Crippen LogP contribution is -2.38. The van der Waals surface area contributed by atoms with E-state index in [4.69, 9.17) is 4.74 Å². The Morgan fingerprint density at radius 3 is 2.62 bits per heavy atom. The molecule has 132 valence electrons. The van der Waals surface area contributed by atoms with E-state index in [0.717, 1.165) is 29.5 Å². The minimum atomic E-state index is -0.00223. The van der Waals surface area contributed by atoms with Gasteiger partial charge in [-0.2, -0.15) is 0 Å². The van der Waals surface area contributed by atoms with Crippen LogP contribution < -0.4 is 4.74 Å². The van der Waals surface area contributed by atoms with Crippen LogP contribution in [0.2, 0.25) is 0 Å². The topological polar surface area (TPSA) is 73.1 Å². The van der Waals surface area contributed by atoms with Gasteiger partial charge in [0.25, 0.3) is 5.91 Å². The normalized spacial score (nSPS) is 13.3. The first-order chi connectivity index (χ1) is 12.7. The molecule has 4 rings (SSSR count). The summed E-state index contributed by atoms with van der Waals surface area (Å²) in [6.45, 7) is 4.27. The van der Waals surface area contributed by atoms with Crippen molar-refractivity contribution in [3.05, 3.63) is 71.6 Å². The number of carbonyl (C=O) groups excluding carboxylic acids is 1. The summed E-state index contributed by atoms with van der Waals surface area (Å²) in [6.07, 6.45) is 3.47. The second-order valence-electron chi connectivity index (χ2n) is 6.21. The van der Waals surface area contributed by atoms with E-state index in [1.165, 1.54) is 0 Å². The number of hydrogen-bond donors (Lipinski definition) is 0. The fraction of sp³-hybridized carbons (Fsp3) is 0.263. The van der Waals surface area contributed by atoms with Crippen LogP contribution in [0.5, 0.6) is 5.75 Å². The van der Waals surface area contributed by atoms with Gasteiger partial charge in [-0.1, -0.05) is 0 Å². The van der Waals surface area contributed by atoms with Crippen molar-refractivity contribution in [3.8, 4) is 5.75 Å². The Morgan fingerprint density at radius 1 is 1.08 bits per heavy atom. The third-order valence-electron chi connectivity index (χ3n) is 4.48. The molecule has 26 heavy (non-hydrogen) atoms. The van der Waals surface area contributed by atoms with Gasteiger partial charge in [-0.05, 0) is 48.9 Å². The molecule has 0 bridgehead atoms. The van der Waals surface area contributed by atoms with Crippen LogP contribution >= 0.6 is 0 Å². The molecule has 0 atom stereocenters. The first kappa shape index (κ1) is 16.3. The van der Waals surface area contributed by atoms with Gasteiger partial charge < -0.3 is 14.2 Å². The van der Waals surface area contributed by atoms with E-state index in [9.17, 15) is 4.79 Å². The molecule has 0 radical (unpaired) electrons. The fourth-order valence-corrected chi connectivity index (χ4v) is 3.00. The zero-order valence-corrected chi connectivity index (χ0v) is 14.5. The molecule has 7 heteroatoms. The van der Waals surface area contributed by atoms with Crippen molar-refractivity contribution in [2.24, 2.45) is 0 Å². The lowest BCUT2D eigenvalue weighted by atomic mass is 10.1. The van der Waals surface area contributed by atoms with Crippen molar-refractivity contribution in [2.75, 3.05) is 6.54 Å². The number of hydrogen-bond acceptors (Lipinski definition) is 5. The number of amides is 1. The second-order valence-corrected chi connectivity index (χ2v) is 6.21. The molecule has 7 nitrogen and oxygen atoms in total. The molecule has 1 aliphatic heterocycles. The largest absolute Gasteiger partial charge is 0.489 e. The molecule has 0 spiro atoms. The van der Waals surface area contributed by atoms with E-state index in [-0.39, 0.29) is 5.91 Å². The summed E-state index contributed by atoms with van der Waals surface area (Å²) >= 11 is 0. The zero-order valence-electron chi connectivity index (χ0n) is 14.5. The first-order valence-electron chi connectivity index (χ1n) is 8.50. The maximum Gasteiger partial charge on any atom is 0.254 e. The van der Waals surface area contributed by atoms with Crippen LogP contribution in [0.3, 0.4) is 0 Å². The Morgan fingerprint density at radius 2 is 1.85 bits per heavy atom. The van der Waals surface area contributed by atoms with Gasteiger partial charge in [-0.25, -0.2) is 0 Å². The Hall–Kier alpha value is -3.22. The zero-order chi connectivity index (χ0) is 17.9. The number of aromatic nitrogens is 4. The summed E-state index contributed by atoms with van der Waals surface area (Å²) in [5.41, 5.74) is 1.69. The molecule has 1 aromatic carbocycles. The van der Waals surface area contributed by atoms with E-state index >= 15 is 0 Å². The first-order valence-corrected chi connectivity index (χ1v) is 8.50. The van der Waals surface area contributed by atoms with Crippen molar-refractivity contribution in [1.29, 1.82) is 0 Å². The van der Waals surface area contributed by atoms with E-state index in [0.29, 0.717) is 25.3 Å². The van der Waals surface area contributed by atoms with Crippen LogP contribution in [0.15, 0.2) is 48.8 Å². The van der Waals surface area contributed by atoms with Crippen LogP contribution in [0.25, 0.3) is 0 Å². The lowest BCUT2D eigenvalue weighted by molar-refractivity contribution is 0.0706. The second kappa shape index (κ2) is 6.95. The number of pyridine rings is 1. The minimum Gasteiger partial charge on any atom is -0.489 e. The maximum atomic E-state index is 12.7. The highest BCUT2D eigenvalue weighted by molar-refractivity contribution is 5.94. The average molecular weight is 349 g/mol. The van der Waals surface area contributed by atoms with Gasteiger partial charge >= 0.3 is 0 Å². The van der Waals surface area contributed by atoms with Crippen LogP contribution in [-0.4, -0.2) is 37.1 Å². The summed E-state index contributed by atoms with van der Waals surface area (Å²) in [5, 5.41) is 8.22. The van der Waals surface area contributed by atoms with Crippen molar-refractivity contribution in [1.82, 2.24) is 24.6 Å². The number of fused-ring (bicyclic) bond motifs is 1. The molecule has 0 unspecified atom stereocenters. The van der Waals surface area contributed by atoms with Crippen molar-refractivity contribution < 1.29 is 9.53 Å². The van der Waals surface area contributed by atoms with Gasteiger partial charge in [-0.3, -0.25) is 9.78 Å².